The molecule has 4 rings (SSSR count). The standard InChI is InChI=1S/C23H24N8O2/c1-24-21-13-25-12-20(29-21)16-9-19(23(33)27-10-16)30-22(32)15-3-5-18(6-4-15)31(2)8-7-17-11-26-14-28-17/h3-6,9-14H,7-8H2,1-2H3,(H,24,29)(H,26,28)(H,27,33)(H,30,32). The number of anilines is 3. The molecule has 1 amide bonds. The zero-order valence-corrected chi connectivity index (χ0v) is 18.3. The van der Waals surface area contributed by atoms with E-state index in [4.69, 9.17) is 0 Å². The Balaban J connectivity index is 1.45. The first-order valence-electron chi connectivity index (χ1n) is 10.4. The highest BCUT2D eigenvalue weighted by Crippen LogP contribution is 2.19. The summed E-state index contributed by atoms with van der Waals surface area (Å²) in [6.07, 6.45) is 9.02. The van der Waals surface area contributed by atoms with E-state index in [0.29, 0.717) is 22.6 Å². The third-order valence-corrected chi connectivity index (χ3v) is 5.18. The number of hydrogen-bond acceptors (Lipinski definition) is 7. The highest BCUT2D eigenvalue weighted by molar-refractivity contribution is 6.04. The predicted molar refractivity (Wildman–Crippen MR) is 128 cm³/mol. The van der Waals surface area contributed by atoms with Crippen LogP contribution in [0.25, 0.3) is 11.3 Å². The van der Waals surface area contributed by atoms with Gasteiger partial charge in [0, 0.05) is 62.0 Å². The molecule has 0 atom stereocenters. The molecule has 33 heavy (non-hydrogen) atoms. The summed E-state index contributed by atoms with van der Waals surface area (Å²) in [7, 11) is 3.73. The van der Waals surface area contributed by atoms with Crippen LogP contribution in [0.5, 0.6) is 0 Å². The van der Waals surface area contributed by atoms with Gasteiger partial charge in [0.1, 0.15) is 11.5 Å². The van der Waals surface area contributed by atoms with Crippen molar-refractivity contribution in [2.75, 3.05) is 36.2 Å². The zero-order valence-electron chi connectivity index (χ0n) is 18.3. The number of likely N-dealkylation sites (N-methyl/N-ethyl adjacent to an activating group) is 1. The first-order chi connectivity index (χ1) is 16.0. The predicted octanol–water partition coefficient (Wildman–Crippen LogP) is 2.53. The number of carbonyl (C=O) groups is 1. The molecule has 0 radical (unpaired) electrons. The summed E-state index contributed by atoms with van der Waals surface area (Å²) < 4.78 is 0. The normalized spacial score (nSPS) is 10.6. The van der Waals surface area contributed by atoms with Crippen LogP contribution in [0.2, 0.25) is 0 Å². The van der Waals surface area contributed by atoms with Crippen molar-refractivity contribution >= 4 is 23.1 Å². The molecule has 168 valence electrons. The number of aromatic amines is 2. The molecule has 4 aromatic rings. The van der Waals surface area contributed by atoms with E-state index < -0.39 is 5.56 Å². The fourth-order valence-corrected chi connectivity index (χ4v) is 3.25. The summed E-state index contributed by atoms with van der Waals surface area (Å²) in [6.45, 7) is 0.799. The second kappa shape index (κ2) is 9.77. The Bertz CT molecular complexity index is 1280. The summed E-state index contributed by atoms with van der Waals surface area (Å²) in [5.41, 5.74) is 3.42. The smallest absolute Gasteiger partial charge is 0.271 e. The Labute approximate surface area is 190 Å². The summed E-state index contributed by atoms with van der Waals surface area (Å²) in [4.78, 5) is 45.4. The van der Waals surface area contributed by atoms with Gasteiger partial charge in [0.2, 0.25) is 0 Å². The van der Waals surface area contributed by atoms with Crippen molar-refractivity contribution in [3.8, 4) is 11.3 Å². The Kier molecular flexibility index (Phi) is 6.44. The maximum Gasteiger partial charge on any atom is 0.271 e. The van der Waals surface area contributed by atoms with E-state index in [2.05, 4.69) is 40.5 Å². The van der Waals surface area contributed by atoms with Gasteiger partial charge >= 0.3 is 0 Å². The summed E-state index contributed by atoms with van der Waals surface area (Å²) in [6, 6.07) is 8.80. The number of pyridine rings is 1. The van der Waals surface area contributed by atoms with Crippen LogP contribution in [-0.4, -0.2) is 51.5 Å². The van der Waals surface area contributed by atoms with Gasteiger partial charge in [-0.1, -0.05) is 0 Å². The highest BCUT2D eigenvalue weighted by Gasteiger charge is 2.12. The molecule has 0 bridgehead atoms. The number of hydrogen-bond donors (Lipinski definition) is 4. The molecule has 10 nitrogen and oxygen atoms in total. The second-order valence-corrected chi connectivity index (χ2v) is 7.42. The van der Waals surface area contributed by atoms with Crippen molar-refractivity contribution in [1.29, 1.82) is 0 Å². The molecule has 0 aliphatic rings. The van der Waals surface area contributed by atoms with Crippen LogP contribution < -0.4 is 21.1 Å². The summed E-state index contributed by atoms with van der Waals surface area (Å²) in [5.74, 6) is 0.221. The van der Waals surface area contributed by atoms with Gasteiger partial charge in [-0.05, 0) is 30.3 Å². The van der Waals surface area contributed by atoms with Crippen molar-refractivity contribution in [1.82, 2.24) is 24.9 Å². The number of carbonyl (C=O) groups excluding carboxylic acids is 1. The van der Waals surface area contributed by atoms with Crippen molar-refractivity contribution in [3.05, 3.63) is 83.1 Å². The van der Waals surface area contributed by atoms with E-state index in [-0.39, 0.29) is 11.6 Å². The quantitative estimate of drug-likeness (QED) is 0.328. The summed E-state index contributed by atoms with van der Waals surface area (Å²) >= 11 is 0. The topological polar surface area (TPSA) is 132 Å². The molecule has 1 aromatic carbocycles. The van der Waals surface area contributed by atoms with Crippen LogP contribution in [0.1, 0.15) is 16.1 Å². The molecule has 0 fully saturated rings. The van der Waals surface area contributed by atoms with Gasteiger partial charge in [0.25, 0.3) is 11.5 Å². The summed E-state index contributed by atoms with van der Waals surface area (Å²) in [5, 5.41) is 5.61. The number of nitrogens with zero attached hydrogens (tertiary/aromatic N) is 4. The Hall–Kier alpha value is -4.47. The molecule has 0 aliphatic heterocycles. The second-order valence-electron chi connectivity index (χ2n) is 7.42. The Morgan fingerprint density at radius 2 is 1.91 bits per heavy atom. The largest absolute Gasteiger partial charge is 0.374 e. The molecule has 3 heterocycles. The van der Waals surface area contributed by atoms with Gasteiger partial charge in [0.15, 0.2) is 0 Å². The minimum Gasteiger partial charge on any atom is -0.374 e. The Morgan fingerprint density at radius 3 is 2.64 bits per heavy atom. The highest BCUT2D eigenvalue weighted by atomic mass is 16.2. The first kappa shape index (κ1) is 21.8. The van der Waals surface area contributed by atoms with E-state index in [9.17, 15) is 9.59 Å². The lowest BCUT2D eigenvalue weighted by Crippen LogP contribution is -2.21. The van der Waals surface area contributed by atoms with E-state index in [1.807, 2.05) is 25.4 Å². The van der Waals surface area contributed by atoms with E-state index in [1.54, 1.807) is 44.0 Å². The van der Waals surface area contributed by atoms with Gasteiger partial charge in [-0.15, -0.1) is 0 Å². The van der Waals surface area contributed by atoms with Crippen LogP contribution in [0.4, 0.5) is 17.2 Å². The fourth-order valence-electron chi connectivity index (χ4n) is 3.25. The van der Waals surface area contributed by atoms with Crippen LogP contribution in [0.15, 0.2) is 66.2 Å². The average molecular weight is 444 g/mol. The van der Waals surface area contributed by atoms with Gasteiger partial charge in [-0.25, -0.2) is 9.97 Å². The van der Waals surface area contributed by atoms with Gasteiger partial charge < -0.3 is 25.5 Å². The molecule has 0 aliphatic carbocycles. The van der Waals surface area contributed by atoms with Crippen LogP contribution in [0, 0.1) is 0 Å². The van der Waals surface area contributed by atoms with Crippen molar-refractivity contribution in [2.24, 2.45) is 0 Å². The molecular weight excluding hydrogens is 420 g/mol. The van der Waals surface area contributed by atoms with Crippen LogP contribution in [-0.2, 0) is 6.42 Å². The van der Waals surface area contributed by atoms with E-state index >= 15 is 0 Å². The van der Waals surface area contributed by atoms with E-state index in [1.165, 1.54) is 6.20 Å². The minimum atomic E-state index is -0.403. The Morgan fingerprint density at radius 1 is 1.09 bits per heavy atom. The molecule has 0 spiro atoms. The zero-order chi connectivity index (χ0) is 23.2. The van der Waals surface area contributed by atoms with Crippen molar-refractivity contribution in [3.63, 3.8) is 0 Å². The lowest BCUT2D eigenvalue weighted by Gasteiger charge is -2.19. The number of H-pyrrole nitrogens is 2. The SMILES string of the molecule is CNc1cncc(-c2c[nH]c(=O)c(NC(=O)c3ccc(N(C)CCc4cnc[nH]4)cc3)c2)n1. The molecule has 3 aromatic heterocycles. The monoisotopic (exact) mass is 444 g/mol. The maximum atomic E-state index is 12.8. The average Bonchev–Trinajstić information content (AvgIpc) is 3.38. The third-order valence-electron chi connectivity index (χ3n) is 5.18. The number of amides is 1. The van der Waals surface area contributed by atoms with E-state index in [0.717, 1.165) is 24.3 Å². The fraction of sp³-hybridized carbons (Fsp3) is 0.174. The van der Waals surface area contributed by atoms with Crippen molar-refractivity contribution in [2.45, 2.75) is 6.42 Å². The van der Waals surface area contributed by atoms with Gasteiger partial charge in [0.05, 0.1) is 24.4 Å². The molecular formula is C23H24N8O2. The minimum absolute atomic E-state index is 0.134. The maximum absolute atomic E-state index is 12.8. The molecule has 0 saturated heterocycles. The number of aromatic nitrogens is 5. The molecule has 0 saturated carbocycles. The number of benzene rings is 1. The van der Waals surface area contributed by atoms with Crippen molar-refractivity contribution < 1.29 is 4.79 Å². The first-order valence-corrected chi connectivity index (χ1v) is 10.4. The lowest BCUT2D eigenvalue weighted by molar-refractivity contribution is 0.102. The van der Waals surface area contributed by atoms with Gasteiger partial charge in [-0.3, -0.25) is 14.6 Å². The van der Waals surface area contributed by atoms with Crippen LogP contribution >= 0.6 is 0 Å². The number of nitrogens with one attached hydrogen (secondary N) is 4. The molecule has 10 heteroatoms. The molecule has 4 N–H and O–H groups in total. The number of rotatable bonds is 8. The number of imidazole rings is 1. The lowest BCUT2D eigenvalue weighted by atomic mass is 10.1. The van der Waals surface area contributed by atoms with Crippen LogP contribution in [0.3, 0.4) is 0 Å². The molecule has 0 unspecified atom stereocenters. The third kappa shape index (κ3) is 5.24. The van der Waals surface area contributed by atoms with Gasteiger partial charge in [-0.2, -0.15) is 0 Å².